The number of carbonyl (C=O) groups excluding carboxylic acids is 1. The van der Waals surface area contributed by atoms with E-state index in [1.807, 2.05) is 48.5 Å². The molecule has 1 heterocycles. The summed E-state index contributed by atoms with van der Waals surface area (Å²) in [5.74, 6) is 0.551. The summed E-state index contributed by atoms with van der Waals surface area (Å²) in [5, 5.41) is 6.58. The lowest BCUT2D eigenvalue weighted by Crippen LogP contribution is -2.19. The molecule has 4 aromatic rings. The lowest BCUT2D eigenvalue weighted by molar-refractivity contribution is -0.115. The largest absolute Gasteiger partial charge is 0.489 e. The molecular weight excluding hydrogens is 487 g/mol. The van der Waals surface area contributed by atoms with Gasteiger partial charge in [-0.05, 0) is 70.1 Å². The Balaban J connectivity index is 1.27. The summed E-state index contributed by atoms with van der Waals surface area (Å²) in [6, 6.07) is 27.1. The van der Waals surface area contributed by atoms with Gasteiger partial charge in [0.05, 0.1) is 15.6 Å². The van der Waals surface area contributed by atoms with Gasteiger partial charge in [-0.3, -0.25) is 4.79 Å². The van der Waals surface area contributed by atoms with Crippen LogP contribution in [0.25, 0.3) is 16.8 Å². The molecule has 0 aliphatic carbocycles. The molecule has 168 valence electrons. The molecule has 0 spiro atoms. The lowest BCUT2D eigenvalue weighted by Gasteiger charge is -2.09. The van der Waals surface area contributed by atoms with Gasteiger partial charge in [0.15, 0.2) is 5.17 Å². The van der Waals surface area contributed by atoms with Crippen LogP contribution in [0.15, 0.2) is 94.8 Å². The molecule has 0 aromatic heterocycles. The van der Waals surface area contributed by atoms with Gasteiger partial charge in [-0.15, -0.1) is 0 Å². The Hall–Kier alpha value is -3.25. The molecule has 1 aliphatic heterocycles. The van der Waals surface area contributed by atoms with E-state index in [0.29, 0.717) is 32.4 Å². The molecule has 0 atom stereocenters. The van der Waals surface area contributed by atoms with Crippen LogP contribution in [0.4, 0.5) is 5.69 Å². The molecule has 0 unspecified atom stereocenters. The highest BCUT2D eigenvalue weighted by atomic mass is 35.5. The minimum atomic E-state index is -0.210. The van der Waals surface area contributed by atoms with Crippen LogP contribution >= 0.6 is 35.0 Å². The van der Waals surface area contributed by atoms with Crippen molar-refractivity contribution >= 4 is 68.6 Å². The first-order valence-corrected chi connectivity index (χ1v) is 12.1. The number of aliphatic imine (C=N–C) groups is 1. The van der Waals surface area contributed by atoms with E-state index in [-0.39, 0.29) is 5.91 Å². The van der Waals surface area contributed by atoms with Gasteiger partial charge in [-0.2, -0.15) is 0 Å². The number of amides is 1. The normalized spacial score (nSPS) is 15.8. The summed E-state index contributed by atoms with van der Waals surface area (Å²) in [6.45, 7) is 0.478. The topological polar surface area (TPSA) is 50.7 Å². The van der Waals surface area contributed by atoms with Crippen LogP contribution in [-0.2, 0) is 11.4 Å². The number of thioether (sulfide) groups is 1. The number of nitrogens with one attached hydrogen (secondary N) is 1. The summed E-state index contributed by atoms with van der Waals surface area (Å²) in [6.07, 6.45) is 1.82. The molecule has 0 bridgehead atoms. The predicted molar refractivity (Wildman–Crippen MR) is 142 cm³/mol. The quantitative estimate of drug-likeness (QED) is 0.284. The summed E-state index contributed by atoms with van der Waals surface area (Å²) < 4.78 is 6.00. The number of hydrogen-bond donors (Lipinski definition) is 1. The van der Waals surface area contributed by atoms with Crippen LogP contribution in [0, 0.1) is 0 Å². The molecule has 5 rings (SSSR count). The zero-order chi connectivity index (χ0) is 23.5. The fourth-order valence-electron chi connectivity index (χ4n) is 3.55. The molecule has 0 radical (unpaired) electrons. The Morgan fingerprint density at radius 2 is 1.74 bits per heavy atom. The second-order valence-electron chi connectivity index (χ2n) is 7.57. The van der Waals surface area contributed by atoms with E-state index in [0.717, 1.165) is 16.9 Å². The molecule has 1 saturated heterocycles. The molecule has 7 heteroatoms. The Kier molecular flexibility index (Phi) is 6.59. The van der Waals surface area contributed by atoms with Crippen molar-refractivity contribution < 1.29 is 9.53 Å². The van der Waals surface area contributed by atoms with Gasteiger partial charge in [-0.1, -0.05) is 77.8 Å². The third-order valence-electron chi connectivity index (χ3n) is 5.23. The number of fused-ring (bicyclic) bond motifs is 1. The van der Waals surface area contributed by atoms with Gasteiger partial charge in [-0.25, -0.2) is 4.99 Å². The summed E-state index contributed by atoms with van der Waals surface area (Å²) in [5.41, 5.74) is 2.53. The summed E-state index contributed by atoms with van der Waals surface area (Å²) >= 11 is 13.4. The predicted octanol–water partition coefficient (Wildman–Crippen LogP) is 7.62. The molecule has 1 aliphatic rings. The number of rotatable bonds is 5. The highest BCUT2D eigenvalue weighted by Gasteiger charge is 2.24. The van der Waals surface area contributed by atoms with Crippen LogP contribution in [0.1, 0.15) is 11.1 Å². The first-order chi connectivity index (χ1) is 16.5. The van der Waals surface area contributed by atoms with Crippen molar-refractivity contribution in [1.29, 1.82) is 0 Å². The van der Waals surface area contributed by atoms with E-state index in [9.17, 15) is 4.79 Å². The van der Waals surface area contributed by atoms with Gasteiger partial charge >= 0.3 is 0 Å². The van der Waals surface area contributed by atoms with Crippen LogP contribution < -0.4 is 10.1 Å². The number of halogens is 2. The van der Waals surface area contributed by atoms with Crippen molar-refractivity contribution in [2.45, 2.75) is 6.61 Å². The highest BCUT2D eigenvalue weighted by Crippen LogP contribution is 2.32. The molecule has 0 saturated carbocycles. The molecule has 1 fully saturated rings. The van der Waals surface area contributed by atoms with Gasteiger partial charge in [0.1, 0.15) is 12.4 Å². The Morgan fingerprint density at radius 1 is 0.941 bits per heavy atom. The summed E-state index contributed by atoms with van der Waals surface area (Å²) in [4.78, 5) is 17.4. The van der Waals surface area contributed by atoms with E-state index < -0.39 is 0 Å². The van der Waals surface area contributed by atoms with E-state index in [2.05, 4.69) is 34.6 Å². The third-order valence-corrected chi connectivity index (χ3v) is 6.70. The fraction of sp³-hybridized carbons (Fsp3) is 0.0370. The van der Waals surface area contributed by atoms with Crippen molar-refractivity contribution in [3.8, 4) is 5.75 Å². The average molecular weight is 505 g/mol. The van der Waals surface area contributed by atoms with Gasteiger partial charge in [0.2, 0.25) is 0 Å². The SMILES string of the molecule is O=C1NC(=Nc2cc(Cl)ccc2Cl)S/C1=C/c1ccc(OCc2cccc3ccccc23)cc1. The molecule has 1 N–H and O–H groups in total. The Morgan fingerprint density at radius 3 is 2.59 bits per heavy atom. The number of ether oxygens (including phenoxy) is 1. The first kappa shape index (κ1) is 22.5. The molecule has 34 heavy (non-hydrogen) atoms. The third kappa shape index (κ3) is 5.12. The van der Waals surface area contributed by atoms with Gasteiger partial charge in [0.25, 0.3) is 5.91 Å². The minimum Gasteiger partial charge on any atom is -0.489 e. The zero-order valence-electron chi connectivity index (χ0n) is 17.8. The smallest absolute Gasteiger partial charge is 0.264 e. The maximum Gasteiger partial charge on any atom is 0.264 e. The first-order valence-electron chi connectivity index (χ1n) is 10.5. The zero-order valence-corrected chi connectivity index (χ0v) is 20.1. The Labute approximate surface area is 211 Å². The van der Waals surface area contributed by atoms with Crippen LogP contribution in [0.2, 0.25) is 10.0 Å². The van der Waals surface area contributed by atoms with Crippen molar-refractivity contribution in [1.82, 2.24) is 5.32 Å². The maximum atomic E-state index is 12.4. The van der Waals surface area contributed by atoms with Crippen LogP contribution in [-0.4, -0.2) is 11.1 Å². The fourth-order valence-corrected chi connectivity index (χ4v) is 4.71. The molecule has 4 aromatic carbocycles. The second kappa shape index (κ2) is 9.94. The number of benzene rings is 4. The van der Waals surface area contributed by atoms with Crippen LogP contribution in [0.5, 0.6) is 5.75 Å². The minimum absolute atomic E-state index is 0.210. The lowest BCUT2D eigenvalue weighted by atomic mass is 10.1. The highest BCUT2D eigenvalue weighted by molar-refractivity contribution is 8.18. The van der Waals surface area contributed by atoms with Crippen LogP contribution in [0.3, 0.4) is 0 Å². The molecular formula is C27H18Cl2N2O2S. The standard InChI is InChI=1S/C27H18Cl2N2O2S/c28-20-10-13-23(29)24(15-20)30-27-31-26(32)25(34-27)14-17-8-11-21(12-9-17)33-16-19-6-3-5-18-4-1-2-7-22(18)19/h1-15H,16H2,(H,30,31,32)/b25-14+. The Bertz CT molecular complexity index is 1440. The second-order valence-corrected chi connectivity index (χ2v) is 9.45. The van der Waals surface area contributed by atoms with Crippen molar-refractivity contribution in [2.75, 3.05) is 0 Å². The van der Waals surface area contributed by atoms with Gasteiger partial charge in [0, 0.05) is 5.02 Å². The van der Waals surface area contributed by atoms with Crippen molar-refractivity contribution in [3.63, 3.8) is 0 Å². The number of carbonyl (C=O) groups is 1. The maximum absolute atomic E-state index is 12.4. The number of amidine groups is 1. The average Bonchev–Trinajstić information content (AvgIpc) is 3.19. The van der Waals surface area contributed by atoms with E-state index >= 15 is 0 Å². The van der Waals surface area contributed by atoms with Crippen molar-refractivity contribution in [2.24, 2.45) is 4.99 Å². The van der Waals surface area contributed by atoms with E-state index in [4.69, 9.17) is 27.9 Å². The van der Waals surface area contributed by atoms with Gasteiger partial charge < -0.3 is 10.1 Å². The molecule has 4 nitrogen and oxygen atoms in total. The van der Waals surface area contributed by atoms with E-state index in [1.54, 1.807) is 18.2 Å². The summed E-state index contributed by atoms with van der Waals surface area (Å²) in [7, 11) is 0. The number of hydrogen-bond acceptors (Lipinski definition) is 4. The van der Waals surface area contributed by atoms with Crippen molar-refractivity contribution in [3.05, 3.63) is 111 Å². The van der Waals surface area contributed by atoms with E-state index in [1.165, 1.54) is 22.5 Å². The molecule has 1 amide bonds. The number of nitrogens with zero attached hydrogens (tertiary/aromatic N) is 1. The monoisotopic (exact) mass is 504 g/mol.